The Balaban J connectivity index is 2.07. The highest BCUT2D eigenvalue weighted by Gasteiger charge is 2.15. The fourth-order valence-corrected chi connectivity index (χ4v) is 2.41. The van der Waals surface area contributed by atoms with Crippen LogP contribution in [0.2, 0.25) is 0 Å². The van der Waals surface area contributed by atoms with Crippen LogP contribution in [0, 0.1) is 5.92 Å². The molecule has 2 unspecified atom stereocenters. The maximum Gasteiger partial charge on any atom is 0.0701 e. The van der Waals surface area contributed by atoms with E-state index >= 15 is 0 Å². The van der Waals surface area contributed by atoms with Crippen LogP contribution in [-0.4, -0.2) is 40.1 Å². The summed E-state index contributed by atoms with van der Waals surface area (Å²) in [4.78, 5) is 0.380. The highest BCUT2D eigenvalue weighted by Crippen LogP contribution is 2.32. The molecule has 0 aliphatic carbocycles. The van der Waals surface area contributed by atoms with E-state index in [1.165, 1.54) is 5.56 Å². The van der Waals surface area contributed by atoms with Crippen molar-refractivity contribution in [1.82, 2.24) is 0 Å². The van der Waals surface area contributed by atoms with Crippen molar-refractivity contribution >= 4 is 15.9 Å². The summed E-state index contributed by atoms with van der Waals surface area (Å²) < 4.78 is 15.8. The Morgan fingerprint density at radius 2 is 1.55 bits per heavy atom. The van der Waals surface area contributed by atoms with E-state index in [0.29, 0.717) is 37.2 Å². The van der Waals surface area contributed by atoms with Gasteiger partial charge in [0.2, 0.25) is 0 Å². The zero-order valence-electron chi connectivity index (χ0n) is 12.4. The zero-order valence-corrected chi connectivity index (χ0v) is 14.0. The summed E-state index contributed by atoms with van der Waals surface area (Å²) in [6, 6.07) is 10.5. The van der Waals surface area contributed by atoms with Gasteiger partial charge in [-0.05, 0) is 17.9 Å². The van der Waals surface area contributed by atoms with E-state index in [0.717, 1.165) is 13.0 Å². The van der Waals surface area contributed by atoms with E-state index in [9.17, 15) is 0 Å². The van der Waals surface area contributed by atoms with Crippen LogP contribution in [0.3, 0.4) is 0 Å². The van der Waals surface area contributed by atoms with E-state index in [1.54, 1.807) is 7.11 Å². The van der Waals surface area contributed by atoms with E-state index in [4.69, 9.17) is 14.2 Å². The minimum Gasteiger partial charge on any atom is -0.382 e. The van der Waals surface area contributed by atoms with E-state index in [2.05, 4.69) is 47.1 Å². The van der Waals surface area contributed by atoms with Gasteiger partial charge in [-0.2, -0.15) is 0 Å². The van der Waals surface area contributed by atoms with Crippen molar-refractivity contribution in [2.75, 3.05) is 40.1 Å². The number of methoxy groups -OCH3 is 1. The van der Waals surface area contributed by atoms with Crippen molar-refractivity contribution in [3.8, 4) is 0 Å². The molecule has 0 fully saturated rings. The van der Waals surface area contributed by atoms with Gasteiger partial charge in [0.1, 0.15) is 0 Å². The van der Waals surface area contributed by atoms with Gasteiger partial charge in [-0.15, -0.1) is 0 Å². The van der Waals surface area contributed by atoms with Crippen LogP contribution in [0.15, 0.2) is 30.3 Å². The Morgan fingerprint density at radius 1 is 0.950 bits per heavy atom. The van der Waals surface area contributed by atoms with Crippen LogP contribution >= 0.6 is 15.9 Å². The molecule has 0 saturated carbocycles. The number of ether oxygens (including phenoxy) is 3. The summed E-state index contributed by atoms with van der Waals surface area (Å²) in [5.74, 6) is 0.534. The van der Waals surface area contributed by atoms with Gasteiger partial charge in [0.05, 0.1) is 26.4 Å². The maximum atomic E-state index is 5.58. The van der Waals surface area contributed by atoms with Crippen LogP contribution in [0.5, 0.6) is 0 Å². The first-order chi connectivity index (χ1) is 9.75. The Hall–Kier alpha value is -0.420. The molecule has 3 nitrogen and oxygen atoms in total. The van der Waals surface area contributed by atoms with Crippen molar-refractivity contribution in [1.29, 1.82) is 0 Å². The van der Waals surface area contributed by atoms with Crippen LogP contribution < -0.4 is 0 Å². The summed E-state index contributed by atoms with van der Waals surface area (Å²) in [7, 11) is 1.67. The normalized spacial score (nSPS) is 14.2. The molecule has 0 radical (unpaired) electrons. The summed E-state index contributed by atoms with van der Waals surface area (Å²) in [6.45, 7) is 5.56. The highest BCUT2D eigenvalue weighted by molar-refractivity contribution is 9.09. The summed E-state index contributed by atoms with van der Waals surface area (Å²) in [6.07, 6.45) is 1.03. The number of rotatable bonds is 11. The second-order valence-corrected chi connectivity index (χ2v) is 5.78. The fraction of sp³-hybridized carbons (Fsp3) is 0.625. The first kappa shape index (κ1) is 17.6. The van der Waals surface area contributed by atoms with Crippen molar-refractivity contribution < 1.29 is 14.2 Å². The average Bonchev–Trinajstić information content (AvgIpc) is 2.50. The van der Waals surface area contributed by atoms with Gasteiger partial charge in [0.25, 0.3) is 0 Å². The number of benzene rings is 1. The van der Waals surface area contributed by atoms with Gasteiger partial charge in [-0.1, -0.05) is 53.2 Å². The third-order valence-corrected chi connectivity index (χ3v) is 4.57. The Morgan fingerprint density at radius 3 is 2.20 bits per heavy atom. The molecule has 0 N–H and O–H groups in total. The molecule has 20 heavy (non-hydrogen) atoms. The number of hydrogen-bond donors (Lipinski definition) is 0. The first-order valence-corrected chi connectivity index (χ1v) is 8.00. The Bertz CT molecular complexity index is 332. The molecular formula is C16H25BrO3. The van der Waals surface area contributed by atoms with E-state index in [-0.39, 0.29) is 0 Å². The Labute approximate surface area is 130 Å². The quantitative estimate of drug-likeness (QED) is 0.451. The topological polar surface area (TPSA) is 27.7 Å². The summed E-state index contributed by atoms with van der Waals surface area (Å²) >= 11 is 3.77. The van der Waals surface area contributed by atoms with Crippen molar-refractivity contribution in [3.05, 3.63) is 35.9 Å². The molecule has 0 aromatic heterocycles. The van der Waals surface area contributed by atoms with Crippen LogP contribution in [0.25, 0.3) is 0 Å². The molecule has 0 heterocycles. The third kappa shape index (κ3) is 7.39. The number of hydrogen-bond acceptors (Lipinski definition) is 3. The first-order valence-electron chi connectivity index (χ1n) is 7.09. The second kappa shape index (κ2) is 11.3. The lowest BCUT2D eigenvalue weighted by Crippen LogP contribution is -2.11. The minimum atomic E-state index is 0.380. The van der Waals surface area contributed by atoms with Gasteiger partial charge in [-0.3, -0.25) is 0 Å². The number of halogens is 1. The lowest BCUT2D eigenvalue weighted by atomic mass is 9.98. The van der Waals surface area contributed by atoms with Crippen LogP contribution in [-0.2, 0) is 14.2 Å². The molecule has 4 heteroatoms. The molecule has 1 aromatic rings. The predicted octanol–water partition coefficient (Wildman–Crippen LogP) is 3.83. The molecule has 0 bridgehead atoms. The van der Waals surface area contributed by atoms with E-state index < -0.39 is 0 Å². The van der Waals surface area contributed by atoms with Gasteiger partial charge >= 0.3 is 0 Å². The summed E-state index contributed by atoms with van der Waals surface area (Å²) in [5, 5.41) is 0. The maximum absolute atomic E-state index is 5.58. The van der Waals surface area contributed by atoms with Crippen molar-refractivity contribution in [3.63, 3.8) is 0 Å². The third-order valence-electron chi connectivity index (χ3n) is 3.14. The van der Waals surface area contributed by atoms with Crippen LogP contribution in [0.4, 0.5) is 0 Å². The lowest BCUT2D eigenvalue weighted by molar-refractivity contribution is 0.0222. The van der Waals surface area contributed by atoms with E-state index in [1.807, 2.05) is 6.07 Å². The molecule has 0 amide bonds. The van der Waals surface area contributed by atoms with Crippen LogP contribution in [0.1, 0.15) is 23.7 Å². The summed E-state index contributed by atoms with van der Waals surface area (Å²) in [5.41, 5.74) is 1.32. The molecule has 0 saturated heterocycles. The van der Waals surface area contributed by atoms with Gasteiger partial charge < -0.3 is 14.2 Å². The van der Waals surface area contributed by atoms with Gasteiger partial charge in [0, 0.05) is 18.5 Å². The minimum absolute atomic E-state index is 0.380. The molecule has 2 atom stereocenters. The fourth-order valence-electron chi connectivity index (χ4n) is 1.85. The monoisotopic (exact) mass is 344 g/mol. The number of alkyl halides is 1. The molecule has 1 aromatic carbocycles. The second-order valence-electron chi connectivity index (χ2n) is 4.80. The average molecular weight is 345 g/mol. The SMILES string of the molecule is COCCOCCOCCC(C)C(Br)c1ccccc1. The highest BCUT2D eigenvalue weighted by atomic mass is 79.9. The molecular weight excluding hydrogens is 320 g/mol. The van der Waals surface area contributed by atoms with Crippen molar-refractivity contribution in [2.24, 2.45) is 5.92 Å². The standard InChI is InChI=1S/C16H25BrO3/c1-14(16(17)15-6-4-3-5-7-15)8-9-19-12-13-20-11-10-18-2/h3-7,14,16H,8-13H2,1-2H3. The molecule has 0 aliphatic heterocycles. The van der Waals surface area contributed by atoms with Gasteiger partial charge in [0.15, 0.2) is 0 Å². The largest absolute Gasteiger partial charge is 0.382 e. The molecule has 1 rings (SSSR count). The zero-order chi connectivity index (χ0) is 14.6. The molecule has 114 valence electrons. The smallest absolute Gasteiger partial charge is 0.0701 e. The van der Waals surface area contributed by atoms with Crippen molar-refractivity contribution in [2.45, 2.75) is 18.2 Å². The predicted molar refractivity (Wildman–Crippen MR) is 85.4 cm³/mol. The Kier molecular flexibility index (Phi) is 9.93. The molecule has 0 spiro atoms. The lowest BCUT2D eigenvalue weighted by Gasteiger charge is -2.18. The van der Waals surface area contributed by atoms with Gasteiger partial charge in [-0.25, -0.2) is 0 Å². The molecule has 0 aliphatic rings.